The van der Waals surface area contributed by atoms with Crippen LogP contribution in [0.1, 0.15) is 27.0 Å². The first kappa shape index (κ1) is 14.4. The highest BCUT2D eigenvalue weighted by Crippen LogP contribution is 2.23. The summed E-state index contributed by atoms with van der Waals surface area (Å²) in [6, 6.07) is 9.35. The summed E-state index contributed by atoms with van der Waals surface area (Å²) in [7, 11) is 0. The Morgan fingerprint density at radius 3 is 2.91 bits per heavy atom. The van der Waals surface area contributed by atoms with E-state index < -0.39 is 0 Å². The quantitative estimate of drug-likeness (QED) is 0.804. The standard InChI is InChI=1S/C15H15N5OS/c1-3-11-7-14(22-10(11)2)15(21)17-12-5-4-6-13(8-12)20-9-16-18-19-20/h4-9H,3H2,1-2H3,(H,17,21). The number of aryl methyl sites for hydroxylation is 2. The summed E-state index contributed by atoms with van der Waals surface area (Å²) < 4.78 is 1.54. The van der Waals surface area contributed by atoms with Gasteiger partial charge in [-0.1, -0.05) is 13.0 Å². The van der Waals surface area contributed by atoms with Crippen molar-refractivity contribution >= 4 is 22.9 Å². The van der Waals surface area contributed by atoms with Crippen molar-refractivity contribution in [1.82, 2.24) is 20.2 Å². The van der Waals surface area contributed by atoms with Gasteiger partial charge in [0, 0.05) is 10.6 Å². The lowest BCUT2D eigenvalue weighted by Gasteiger charge is -2.05. The summed E-state index contributed by atoms with van der Waals surface area (Å²) >= 11 is 1.52. The lowest BCUT2D eigenvalue weighted by Crippen LogP contribution is -2.10. The molecule has 0 aliphatic heterocycles. The Hall–Kier alpha value is -2.54. The molecule has 3 aromatic rings. The topological polar surface area (TPSA) is 72.7 Å². The number of hydrogen-bond donors (Lipinski definition) is 1. The maximum absolute atomic E-state index is 12.3. The zero-order valence-corrected chi connectivity index (χ0v) is 13.1. The SMILES string of the molecule is CCc1cc(C(=O)Nc2cccc(-n3cnnn3)c2)sc1C. The zero-order chi connectivity index (χ0) is 15.5. The molecular formula is C15H15N5OS. The average molecular weight is 313 g/mol. The van der Waals surface area contributed by atoms with Crippen LogP contribution in [0.15, 0.2) is 36.7 Å². The molecule has 2 aromatic heterocycles. The molecule has 1 N–H and O–H groups in total. The van der Waals surface area contributed by atoms with Crippen LogP contribution in [0.25, 0.3) is 5.69 Å². The van der Waals surface area contributed by atoms with Gasteiger partial charge in [0.15, 0.2) is 0 Å². The minimum atomic E-state index is -0.0957. The summed E-state index contributed by atoms with van der Waals surface area (Å²) in [5.74, 6) is -0.0957. The molecule has 0 saturated heterocycles. The van der Waals surface area contributed by atoms with Crippen LogP contribution in [0, 0.1) is 6.92 Å². The first-order valence-corrected chi connectivity index (χ1v) is 7.73. The molecule has 7 heteroatoms. The van der Waals surface area contributed by atoms with Gasteiger partial charge in [-0.05, 0) is 53.6 Å². The molecule has 0 bridgehead atoms. The Labute approximate surface area is 131 Å². The minimum Gasteiger partial charge on any atom is -0.321 e. The van der Waals surface area contributed by atoms with Gasteiger partial charge in [0.1, 0.15) is 6.33 Å². The second kappa shape index (κ2) is 6.07. The molecule has 0 radical (unpaired) electrons. The zero-order valence-electron chi connectivity index (χ0n) is 12.3. The van der Waals surface area contributed by atoms with E-state index in [1.54, 1.807) is 4.68 Å². The minimum absolute atomic E-state index is 0.0957. The van der Waals surface area contributed by atoms with E-state index in [1.165, 1.54) is 28.1 Å². The highest BCUT2D eigenvalue weighted by molar-refractivity contribution is 7.14. The van der Waals surface area contributed by atoms with Gasteiger partial charge < -0.3 is 5.32 Å². The number of nitrogens with one attached hydrogen (secondary N) is 1. The Morgan fingerprint density at radius 1 is 1.36 bits per heavy atom. The number of nitrogens with zero attached hydrogens (tertiary/aromatic N) is 4. The number of hydrogen-bond acceptors (Lipinski definition) is 5. The Balaban J connectivity index is 1.80. The molecule has 2 heterocycles. The van der Waals surface area contributed by atoms with Crippen LogP contribution in [0.2, 0.25) is 0 Å². The van der Waals surface area contributed by atoms with Gasteiger partial charge in [0.25, 0.3) is 5.91 Å². The first-order chi connectivity index (χ1) is 10.7. The fraction of sp³-hybridized carbons (Fsp3) is 0.200. The number of thiophene rings is 1. The van der Waals surface area contributed by atoms with Gasteiger partial charge >= 0.3 is 0 Å². The van der Waals surface area contributed by atoms with E-state index in [0.717, 1.165) is 17.0 Å². The molecule has 112 valence electrons. The van der Waals surface area contributed by atoms with Crippen LogP contribution in [-0.2, 0) is 6.42 Å². The number of amides is 1. The fourth-order valence-electron chi connectivity index (χ4n) is 2.18. The lowest BCUT2D eigenvalue weighted by atomic mass is 10.2. The van der Waals surface area contributed by atoms with Gasteiger partial charge in [-0.15, -0.1) is 16.4 Å². The Bertz CT molecular complexity index is 794. The number of carbonyl (C=O) groups excluding carboxylic acids is 1. The van der Waals surface area contributed by atoms with Crippen LogP contribution >= 0.6 is 11.3 Å². The van der Waals surface area contributed by atoms with Crippen LogP contribution in [0.5, 0.6) is 0 Å². The molecule has 0 atom stereocenters. The number of aromatic nitrogens is 4. The predicted octanol–water partition coefficient (Wildman–Crippen LogP) is 2.85. The van der Waals surface area contributed by atoms with E-state index in [0.29, 0.717) is 5.69 Å². The van der Waals surface area contributed by atoms with E-state index in [1.807, 2.05) is 37.3 Å². The van der Waals surface area contributed by atoms with Crippen molar-refractivity contribution in [2.75, 3.05) is 5.32 Å². The summed E-state index contributed by atoms with van der Waals surface area (Å²) in [4.78, 5) is 14.3. The Kier molecular flexibility index (Phi) is 3.97. The van der Waals surface area contributed by atoms with Gasteiger partial charge in [0.05, 0.1) is 10.6 Å². The molecule has 3 rings (SSSR count). The molecule has 0 saturated carbocycles. The number of benzene rings is 1. The third-order valence-electron chi connectivity index (χ3n) is 3.34. The third-order valence-corrected chi connectivity index (χ3v) is 4.43. The van der Waals surface area contributed by atoms with Crippen LogP contribution in [0.3, 0.4) is 0 Å². The molecule has 1 amide bonds. The largest absolute Gasteiger partial charge is 0.321 e. The lowest BCUT2D eigenvalue weighted by molar-refractivity contribution is 0.103. The number of anilines is 1. The molecule has 0 aliphatic carbocycles. The fourth-order valence-corrected chi connectivity index (χ4v) is 3.19. The summed E-state index contributed by atoms with van der Waals surface area (Å²) in [6.45, 7) is 4.13. The highest BCUT2D eigenvalue weighted by atomic mass is 32.1. The molecule has 0 spiro atoms. The number of rotatable bonds is 4. The van der Waals surface area contributed by atoms with Gasteiger partial charge in [-0.25, -0.2) is 4.68 Å². The predicted molar refractivity (Wildman–Crippen MR) is 85.5 cm³/mol. The highest BCUT2D eigenvalue weighted by Gasteiger charge is 2.12. The molecular weight excluding hydrogens is 298 g/mol. The van der Waals surface area contributed by atoms with Crippen molar-refractivity contribution in [3.8, 4) is 5.69 Å². The normalized spacial score (nSPS) is 10.6. The maximum atomic E-state index is 12.3. The summed E-state index contributed by atoms with van der Waals surface area (Å²) in [5, 5.41) is 14.0. The third kappa shape index (κ3) is 2.89. The molecule has 0 aliphatic rings. The average Bonchev–Trinajstić information content (AvgIpc) is 3.16. The van der Waals surface area contributed by atoms with E-state index in [4.69, 9.17) is 0 Å². The van der Waals surface area contributed by atoms with E-state index in [9.17, 15) is 4.79 Å². The van der Waals surface area contributed by atoms with Crippen molar-refractivity contribution in [3.63, 3.8) is 0 Å². The van der Waals surface area contributed by atoms with Crippen LogP contribution in [-0.4, -0.2) is 26.1 Å². The van der Waals surface area contributed by atoms with Crippen molar-refractivity contribution in [2.45, 2.75) is 20.3 Å². The summed E-state index contributed by atoms with van der Waals surface area (Å²) in [6.07, 6.45) is 2.45. The van der Waals surface area contributed by atoms with E-state index >= 15 is 0 Å². The van der Waals surface area contributed by atoms with Crippen molar-refractivity contribution < 1.29 is 4.79 Å². The van der Waals surface area contributed by atoms with Gasteiger partial charge in [-0.3, -0.25) is 4.79 Å². The van der Waals surface area contributed by atoms with Crippen molar-refractivity contribution in [1.29, 1.82) is 0 Å². The molecule has 6 nitrogen and oxygen atoms in total. The number of tetrazole rings is 1. The monoisotopic (exact) mass is 313 g/mol. The second-order valence-corrected chi connectivity index (χ2v) is 6.06. The number of carbonyl (C=O) groups is 1. The first-order valence-electron chi connectivity index (χ1n) is 6.91. The van der Waals surface area contributed by atoms with Crippen molar-refractivity contribution in [3.05, 3.63) is 52.0 Å². The van der Waals surface area contributed by atoms with E-state index in [-0.39, 0.29) is 5.91 Å². The van der Waals surface area contributed by atoms with Crippen LogP contribution < -0.4 is 5.32 Å². The second-order valence-electron chi connectivity index (χ2n) is 4.80. The van der Waals surface area contributed by atoms with E-state index in [2.05, 4.69) is 27.8 Å². The summed E-state index contributed by atoms with van der Waals surface area (Å²) in [5.41, 5.74) is 2.72. The van der Waals surface area contributed by atoms with Crippen LogP contribution in [0.4, 0.5) is 5.69 Å². The van der Waals surface area contributed by atoms with Gasteiger partial charge in [0.2, 0.25) is 0 Å². The molecule has 1 aromatic carbocycles. The maximum Gasteiger partial charge on any atom is 0.265 e. The smallest absolute Gasteiger partial charge is 0.265 e. The molecule has 0 unspecified atom stereocenters. The van der Waals surface area contributed by atoms with Gasteiger partial charge in [-0.2, -0.15) is 0 Å². The molecule has 22 heavy (non-hydrogen) atoms. The Morgan fingerprint density at radius 2 is 2.23 bits per heavy atom. The van der Waals surface area contributed by atoms with Crippen molar-refractivity contribution in [2.24, 2.45) is 0 Å². The molecule has 0 fully saturated rings.